The molecule has 1 aliphatic rings. The molecule has 2 aromatic carbocycles. The number of azo groups is 1. The van der Waals surface area contributed by atoms with Crippen LogP contribution in [0.15, 0.2) is 70.0 Å². The summed E-state index contributed by atoms with van der Waals surface area (Å²) < 4.78 is 1.83. The quantitative estimate of drug-likeness (QED) is 0.328. The lowest BCUT2D eigenvalue weighted by molar-refractivity contribution is -0.122. The van der Waals surface area contributed by atoms with Gasteiger partial charge in [-0.1, -0.05) is 66.5 Å². The van der Waals surface area contributed by atoms with Gasteiger partial charge >= 0.3 is 5.91 Å². The number of benzene rings is 2. The lowest BCUT2D eigenvalue weighted by Crippen LogP contribution is -2.27. The molecule has 8 nitrogen and oxygen atoms in total. The molecule has 1 aliphatic heterocycles. The van der Waals surface area contributed by atoms with Gasteiger partial charge in [0.05, 0.1) is 18.4 Å². The lowest BCUT2D eigenvalue weighted by atomic mass is 10.2. The third kappa shape index (κ3) is 5.39. The number of likely N-dealkylation sites (tertiary alicyclic amines) is 1. The van der Waals surface area contributed by atoms with E-state index in [1.807, 2.05) is 59.2 Å². The van der Waals surface area contributed by atoms with Gasteiger partial charge in [-0.25, -0.2) is 0 Å². The molecule has 1 saturated heterocycles. The van der Waals surface area contributed by atoms with Crippen LogP contribution in [0.25, 0.3) is 10.9 Å². The van der Waals surface area contributed by atoms with Crippen molar-refractivity contribution in [3.8, 4) is 5.88 Å². The number of nitrogens with zero attached hydrogens (tertiary/aromatic N) is 5. The third-order valence-corrected chi connectivity index (χ3v) is 5.48. The van der Waals surface area contributed by atoms with Crippen molar-refractivity contribution in [3.05, 3.63) is 60.2 Å². The molecule has 0 saturated carbocycles. The summed E-state index contributed by atoms with van der Waals surface area (Å²) in [5, 5.41) is 23.2. The van der Waals surface area contributed by atoms with Gasteiger partial charge in [-0.05, 0) is 37.6 Å². The van der Waals surface area contributed by atoms with Crippen molar-refractivity contribution in [2.75, 3.05) is 19.7 Å². The summed E-state index contributed by atoms with van der Waals surface area (Å²) in [4.78, 5) is 19.4. The lowest BCUT2D eigenvalue weighted by Gasteiger charge is -2.21. The van der Waals surface area contributed by atoms with Crippen molar-refractivity contribution < 1.29 is 14.7 Å². The number of amides is 1. The number of carbonyl (C=O) groups is 1. The van der Waals surface area contributed by atoms with E-state index in [2.05, 4.69) is 20.3 Å². The summed E-state index contributed by atoms with van der Waals surface area (Å²) >= 11 is 0. The second-order valence-corrected chi connectivity index (χ2v) is 7.80. The fourth-order valence-corrected chi connectivity index (χ4v) is 3.86. The first kappa shape index (κ1) is 21.7. The largest absolute Gasteiger partial charge is 0.493 e. The van der Waals surface area contributed by atoms with Gasteiger partial charge in [0.15, 0.2) is 12.3 Å². The first-order valence-electron chi connectivity index (χ1n) is 10.9. The van der Waals surface area contributed by atoms with Crippen molar-refractivity contribution >= 4 is 28.7 Å². The van der Waals surface area contributed by atoms with Gasteiger partial charge in [0.1, 0.15) is 0 Å². The molecule has 3 aromatic rings. The fraction of sp³-hybridized carbons (Fsp3) is 0.333. The molecular weight excluding hydrogens is 406 g/mol. The molecule has 0 radical (unpaired) electrons. The van der Waals surface area contributed by atoms with Crippen LogP contribution in [0.4, 0.5) is 5.69 Å². The summed E-state index contributed by atoms with van der Waals surface area (Å²) in [6.45, 7) is 2.25. The van der Waals surface area contributed by atoms with Gasteiger partial charge in [-0.2, -0.15) is 0 Å². The number of hydrogen-bond donors (Lipinski definition) is 1. The normalized spacial score (nSPS) is 15.5. The zero-order chi connectivity index (χ0) is 22.2. The predicted octanol–water partition coefficient (Wildman–Crippen LogP) is 4.84. The van der Waals surface area contributed by atoms with Crippen LogP contribution in [0.1, 0.15) is 31.2 Å². The first-order valence-corrected chi connectivity index (χ1v) is 10.9. The average Bonchev–Trinajstić information content (AvgIpc) is 2.97. The zero-order valence-electron chi connectivity index (χ0n) is 17.9. The minimum atomic E-state index is -0.584. The molecule has 166 valence electrons. The van der Waals surface area contributed by atoms with Crippen LogP contribution in [0.5, 0.6) is 5.88 Å². The Morgan fingerprint density at radius 1 is 1.00 bits per heavy atom. The second-order valence-electron chi connectivity index (χ2n) is 7.80. The van der Waals surface area contributed by atoms with E-state index in [-0.39, 0.29) is 18.2 Å². The Kier molecular flexibility index (Phi) is 7.24. The SMILES string of the molecule is O=C(CO/N=C\c1ccccc1)N=Nc1c(O)n(CN2CCCCCC2)c2ccccc12. The monoisotopic (exact) mass is 433 g/mol. The van der Waals surface area contributed by atoms with Crippen LogP contribution >= 0.6 is 0 Å². The van der Waals surface area contributed by atoms with Gasteiger partial charge in [0.25, 0.3) is 0 Å². The molecule has 1 amide bonds. The number of aromatic hydroxyl groups is 1. The molecule has 4 rings (SSSR count). The number of aromatic nitrogens is 1. The van der Waals surface area contributed by atoms with Gasteiger partial charge in [0.2, 0.25) is 5.88 Å². The van der Waals surface area contributed by atoms with Crippen molar-refractivity contribution in [1.29, 1.82) is 0 Å². The number of rotatable bonds is 7. The van der Waals surface area contributed by atoms with E-state index >= 15 is 0 Å². The Morgan fingerprint density at radius 2 is 1.72 bits per heavy atom. The Bertz CT molecular complexity index is 1100. The maximum atomic E-state index is 12.1. The van der Waals surface area contributed by atoms with Gasteiger partial charge in [-0.15, -0.1) is 10.2 Å². The summed E-state index contributed by atoms with van der Waals surface area (Å²) in [7, 11) is 0. The van der Waals surface area contributed by atoms with E-state index in [4.69, 9.17) is 4.84 Å². The Hall–Kier alpha value is -3.52. The molecule has 0 spiro atoms. The number of hydrogen-bond acceptors (Lipinski definition) is 6. The van der Waals surface area contributed by atoms with E-state index in [1.165, 1.54) is 19.1 Å². The molecular formula is C24H27N5O3. The van der Waals surface area contributed by atoms with Crippen LogP contribution in [0.3, 0.4) is 0 Å². The minimum absolute atomic E-state index is 0.00927. The first-order chi connectivity index (χ1) is 15.7. The maximum absolute atomic E-state index is 12.1. The summed E-state index contributed by atoms with van der Waals surface area (Å²) in [6.07, 6.45) is 6.33. The molecule has 0 bridgehead atoms. The number of fused-ring (bicyclic) bond motifs is 1. The van der Waals surface area contributed by atoms with Crippen LogP contribution in [0.2, 0.25) is 0 Å². The number of para-hydroxylation sites is 1. The summed E-state index contributed by atoms with van der Waals surface area (Å²) in [5.74, 6) is -0.575. The minimum Gasteiger partial charge on any atom is -0.493 e. The zero-order valence-corrected chi connectivity index (χ0v) is 17.9. The van der Waals surface area contributed by atoms with E-state index in [0.717, 1.165) is 42.4 Å². The Morgan fingerprint density at radius 3 is 2.50 bits per heavy atom. The van der Waals surface area contributed by atoms with Crippen molar-refractivity contribution in [1.82, 2.24) is 9.47 Å². The highest BCUT2D eigenvalue weighted by atomic mass is 16.6. The average molecular weight is 434 g/mol. The smallest absolute Gasteiger partial charge is 0.304 e. The molecule has 0 aliphatic carbocycles. The Labute approximate surface area is 186 Å². The molecule has 0 unspecified atom stereocenters. The highest BCUT2D eigenvalue weighted by molar-refractivity contribution is 5.95. The van der Waals surface area contributed by atoms with Gasteiger partial charge in [-0.3, -0.25) is 14.3 Å². The van der Waals surface area contributed by atoms with Gasteiger partial charge in [0, 0.05) is 5.39 Å². The van der Waals surface area contributed by atoms with Crippen LogP contribution in [-0.4, -0.2) is 46.4 Å². The molecule has 0 atom stereocenters. The summed E-state index contributed by atoms with van der Waals surface area (Å²) in [5.41, 5.74) is 2.01. The molecule has 8 heteroatoms. The highest BCUT2D eigenvalue weighted by Gasteiger charge is 2.19. The van der Waals surface area contributed by atoms with E-state index in [0.29, 0.717) is 6.67 Å². The molecule has 1 aromatic heterocycles. The van der Waals surface area contributed by atoms with Crippen LogP contribution in [0, 0.1) is 0 Å². The molecule has 2 heterocycles. The number of oxime groups is 1. The van der Waals surface area contributed by atoms with E-state index in [1.54, 1.807) is 0 Å². The molecule has 32 heavy (non-hydrogen) atoms. The van der Waals surface area contributed by atoms with Crippen molar-refractivity contribution in [2.24, 2.45) is 15.4 Å². The van der Waals surface area contributed by atoms with Gasteiger partial charge < -0.3 is 9.94 Å². The van der Waals surface area contributed by atoms with E-state index in [9.17, 15) is 9.90 Å². The van der Waals surface area contributed by atoms with Crippen LogP contribution in [-0.2, 0) is 16.3 Å². The predicted molar refractivity (Wildman–Crippen MR) is 123 cm³/mol. The Balaban J connectivity index is 1.45. The number of carbonyl (C=O) groups excluding carboxylic acids is 1. The van der Waals surface area contributed by atoms with Crippen molar-refractivity contribution in [3.63, 3.8) is 0 Å². The second kappa shape index (κ2) is 10.7. The highest BCUT2D eigenvalue weighted by Crippen LogP contribution is 2.39. The standard InChI is InChI=1S/C24H27N5O3/c30-22(17-32-25-16-19-10-4-3-5-11-19)26-27-23-20-12-6-7-13-21(20)29(24(23)31)18-28-14-8-1-2-9-15-28/h3-7,10-13,16,31H,1-2,8-9,14-15,17-18H2/b25-16-,27-26?. The molecule has 1 fully saturated rings. The third-order valence-electron chi connectivity index (χ3n) is 5.48. The van der Waals surface area contributed by atoms with Crippen LogP contribution < -0.4 is 0 Å². The topological polar surface area (TPSA) is 91.8 Å². The fourth-order valence-electron chi connectivity index (χ4n) is 3.86. The molecule has 1 N–H and O–H groups in total. The van der Waals surface area contributed by atoms with E-state index < -0.39 is 5.91 Å². The van der Waals surface area contributed by atoms with Crippen molar-refractivity contribution in [2.45, 2.75) is 32.4 Å². The summed E-state index contributed by atoms with van der Waals surface area (Å²) in [6, 6.07) is 17.0. The maximum Gasteiger partial charge on any atom is 0.304 e.